The van der Waals surface area contributed by atoms with Crippen molar-refractivity contribution in [2.75, 3.05) is 6.54 Å². The van der Waals surface area contributed by atoms with Crippen LogP contribution in [0.1, 0.15) is 18.2 Å². The third-order valence-corrected chi connectivity index (χ3v) is 4.62. The monoisotopic (exact) mass is 325 g/mol. The second-order valence-corrected chi connectivity index (χ2v) is 6.16. The summed E-state index contributed by atoms with van der Waals surface area (Å²) in [5.74, 6) is -0.00727. The molecule has 0 saturated heterocycles. The minimum Gasteiger partial charge on any atom is -0.352 e. The van der Waals surface area contributed by atoms with Crippen molar-refractivity contribution in [2.45, 2.75) is 19.8 Å². The molecule has 5 heteroatoms. The lowest BCUT2D eigenvalue weighted by atomic mass is 10.1. The summed E-state index contributed by atoms with van der Waals surface area (Å²) < 4.78 is 2.00. The average Bonchev–Trinajstić information content (AvgIpc) is 3.15. The van der Waals surface area contributed by atoms with E-state index in [0.29, 0.717) is 13.0 Å². The quantitative estimate of drug-likeness (QED) is 0.705. The molecule has 0 unspecified atom stereocenters. The average molecular weight is 325 g/mol. The van der Waals surface area contributed by atoms with Crippen LogP contribution in [0.15, 0.2) is 48.5 Å². The fraction of sp³-hybridized carbons (Fsp3) is 0.222. The van der Waals surface area contributed by atoms with E-state index in [1.54, 1.807) is 17.4 Å². The van der Waals surface area contributed by atoms with E-state index in [2.05, 4.69) is 48.1 Å². The molecular weight excluding hydrogens is 306 g/mol. The molecule has 0 atom stereocenters. The van der Waals surface area contributed by atoms with Crippen molar-refractivity contribution in [3.05, 3.63) is 59.8 Å². The van der Waals surface area contributed by atoms with Crippen molar-refractivity contribution < 1.29 is 4.79 Å². The van der Waals surface area contributed by atoms with E-state index in [-0.39, 0.29) is 5.91 Å². The Morgan fingerprint density at radius 3 is 2.87 bits per heavy atom. The maximum atomic E-state index is 11.9. The standard InChI is InChI=1S/C18H19N3OS/c1-3-9-19-17(22)10-15-12-23-18-20-16(11-21(15)18)14-7-5-13(4-2)6-8-14/h3,5-8,11-12H,1,4,9-10H2,2H3,(H,19,22). The summed E-state index contributed by atoms with van der Waals surface area (Å²) in [6, 6.07) is 8.46. The zero-order valence-electron chi connectivity index (χ0n) is 13.1. The lowest BCUT2D eigenvalue weighted by molar-refractivity contribution is -0.120. The van der Waals surface area contributed by atoms with E-state index in [4.69, 9.17) is 0 Å². The summed E-state index contributed by atoms with van der Waals surface area (Å²) in [7, 11) is 0. The zero-order valence-corrected chi connectivity index (χ0v) is 13.9. The fourth-order valence-electron chi connectivity index (χ4n) is 2.42. The highest BCUT2D eigenvalue weighted by atomic mass is 32.1. The number of hydrogen-bond acceptors (Lipinski definition) is 3. The van der Waals surface area contributed by atoms with Gasteiger partial charge < -0.3 is 5.32 Å². The highest BCUT2D eigenvalue weighted by molar-refractivity contribution is 7.15. The Morgan fingerprint density at radius 2 is 2.17 bits per heavy atom. The van der Waals surface area contributed by atoms with Crippen LogP contribution in [0.5, 0.6) is 0 Å². The zero-order chi connectivity index (χ0) is 16.2. The SMILES string of the molecule is C=CCNC(=O)Cc1csc2nc(-c3ccc(CC)cc3)cn12. The van der Waals surface area contributed by atoms with Gasteiger partial charge in [-0.25, -0.2) is 4.98 Å². The number of aryl methyl sites for hydroxylation is 1. The summed E-state index contributed by atoms with van der Waals surface area (Å²) in [6.07, 6.45) is 5.06. The first-order valence-electron chi connectivity index (χ1n) is 7.63. The Labute approximate surface area is 139 Å². The lowest BCUT2D eigenvalue weighted by Gasteiger charge is -2.01. The maximum Gasteiger partial charge on any atom is 0.226 e. The van der Waals surface area contributed by atoms with Crippen LogP contribution >= 0.6 is 11.3 Å². The molecule has 0 aliphatic carbocycles. The number of carbonyl (C=O) groups excluding carboxylic acids is 1. The number of rotatable bonds is 6. The molecule has 0 fully saturated rings. The van der Waals surface area contributed by atoms with E-state index < -0.39 is 0 Å². The first-order chi connectivity index (χ1) is 11.2. The molecule has 0 saturated carbocycles. The minimum absolute atomic E-state index is 0.00727. The number of imidazole rings is 1. The van der Waals surface area contributed by atoms with Crippen LogP contribution < -0.4 is 5.32 Å². The number of nitrogens with zero attached hydrogens (tertiary/aromatic N) is 2. The molecule has 0 aliphatic heterocycles. The third kappa shape index (κ3) is 3.35. The number of thiazole rings is 1. The molecule has 2 heterocycles. The van der Waals surface area contributed by atoms with Crippen molar-refractivity contribution in [3.8, 4) is 11.3 Å². The summed E-state index contributed by atoms with van der Waals surface area (Å²) in [6.45, 7) is 6.24. The van der Waals surface area contributed by atoms with E-state index in [9.17, 15) is 4.79 Å². The predicted molar refractivity (Wildman–Crippen MR) is 94.8 cm³/mol. The van der Waals surface area contributed by atoms with Gasteiger partial charge in [0.2, 0.25) is 5.91 Å². The largest absolute Gasteiger partial charge is 0.352 e. The normalized spacial score (nSPS) is 10.8. The Balaban J connectivity index is 1.84. The Kier molecular flexibility index (Phi) is 4.57. The molecule has 1 N–H and O–H groups in total. The summed E-state index contributed by atoms with van der Waals surface area (Å²) in [5, 5.41) is 4.79. The van der Waals surface area contributed by atoms with Gasteiger partial charge in [0.25, 0.3) is 0 Å². The number of fused-ring (bicyclic) bond motifs is 1. The number of carbonyl (C=O) groups is 1. The molecule has 3 aromatic rings. The van der Waals surface area contributed by atoms with Gasteiger partial charge in [0.15, 0.2) is 4.96 Å². The lowest BCUT2D eigenvalue weighted by Crippen LogP contribution is -2.25. The van der Waals surface area contributed by atoms with Crippen LogP contribution in [0.2, 0.25) is 0 Å². The third-order valence-electron chi connectivity index (χ3n) is 3.73. The topological polar surface area (TPSA) is 46.4 Å². The molecule has 23 heavy (non-hydrogen) atoms. The van der Waals surface area contributed by atoms with Crippen LogP contribution in [0.4, 0.5) is 0 Å². The molecule has 0 bridgehead atoms. The molecule has 0 aliphatic rings. The summed E-state index contributed by atoms with van der Waals surface area (Å²) >= 11 is 1.55. The highest BCUT2D eigenvalue weighted by Crippen LogP contribution is 2.24. The van der Waals surface area contributed by atoms with Gasteiger partial charge in [-0.05, 0) is 12.0 Å². The summed E-state index contributed by atoms with van der Waals surface area (Å²) in [5.41, 5.74) is 4.30. The number of nitrogens with one attached hydrogen (secondary N) is 1. The van der Waals surface area contributed by atoms with E-state index >= 15 is 0 Å². The predicted octanol–water partition coefficient (Wildman–Crippen LogP) is 3.47. The molecule has 0 spiro atoms. The number of hydrogen-bond donors (Lipinski definition) is 1. The van der Waals surface area contributed by atoms with Gasteiger partial charge in [-0.1, -0.05) is 37.3 Å². The van der Waals surface area contributed by atoms with Crippen molar-refractivity contribution >= 4 is 22.2 Å². The van der Waals surface area contributed by atoms with E-state index in [0.717, 1.165) is 28.3 Å². The molecule has 3 rings (SSSR count). The van der Waals surface area contributed by atoms with Crippen LogP contribution in [-0.4, -0.2) is 21.8 Å². The second-order valence-electron chi connectivity index (χ2n) is 5.33. The Hall–Kier alpha value is -2.40. The Morgan fingerprint density at radius 1 is 1.39 bits per heavy atom. The smallest absolute Gasteiger partial charge is 0.226 e. The molecular formula is C18H19N3OS. The van der Waals surface area contributed by atoms with Crippen LogP contribution in [-0.2, 0) is 17.6 Å². The van der Waals surface area contributed by atoms with Crippen molar-refractivity contribution in [3.63, 3.8) is 0 Å². The van der Waals surface area contributed by atoms with Gasteiger partial charge in [0.1, 0.15) is 0 Å². The molecule has 4 nitrogen and oxygen atoms in total. The van der Waals surface area contributed by atoms with Crippen molar-refractivity contribution in [1.29, 1.82) is 0 Å². The minimum atomic E-state index is -0.00727. The van der Waals surface area contributed by atoms with Crippen LogP contribution in [0, 0.1) is 0 Å². The van der Waals surface area contributed by atoms with Crippen molar-refractivity contribution in [1.82, 2.24) is 14.7 Å². The van der Waals surface area contributed by atoms with Crippen LogP contribution in [0.3, 0.4) is 0 Å². The van der Waals surface area contributed by atoms with Gasteiger partial charge in [0.05, 0.1) is 12.1 Å². The number of amides is 1. The van der Waals surface area contributed by atoms with Gasteiger partial charge in [0, 0.05) is 29.4 Å². The summed E-state index contributed by atoms with van der Waals surface area (Å²) in [4.78, 5) is 17.4. The van der Waals surface area contributed by atoms with Gasteiger partial charge in [-0.2, -0.15) is 0 Å². The molecule has 2 aromatic heterocycles. The van der Waals surface area contributed by atoms with Crippen molar-refractivity contribution in [2.24, 2.45) is 0 Å². The van der Waals surface area contributed by atoms with E-state index in [1.165, 1.54) is 5.56 Å². The molecule has 1 aromatic carbocycles. The van der Waals surface area contributed by atoms with Gasteiger partial charge in [-0.3, -0.25) is 9.20 Å². The van der Waals surface area contributed by atoms with Gasteiger partial charge in [-0.15, -0.1) is 17.9 Å². The maximum absolute atomic E-state index is 11.9. The first kappa shape index (κ1) is 15.5. The molecule has 1 amide bonds. The number of aromatic nitrogens is 2. The molecule has 118 valence electrons. The fourth-order valence-corrected chi connectivity index (χ4v) is 3.29. The van der Waals surface area contributed by atoms with Crippen LogP contribution in [0.25, 0.3) is 16.2 Å². The second kappa shape index (κ2) is 6.79. The first-order valence-corrected chi connectivity index (χ1v) is 8.51. The van der Waals surface area contributed by atoms with E-state index in [1.807, 2.05) is 16.0 Å². The highest BCUT2D eigenvalue weighted by Gasteiger charge is 2.12. The van der Waals surface area contributed by atoms with Gasteiger partial charge >= 0.3 is 0 Å². The molecule has 0 radical (unpaired) electrons. The Bertz CT molecular complexity index is 830. The number of benzene rings is 1.